The number of carbonyl (C=O) groups is 2. The third kappa shape index (κ3) is 2.90. The number of rotatable bonds is 4. The first-order chi connectivity index (χ1) is 9.15. The van der Waals surface area contributed by atoms with Crippen LogP contribution in [0.25, 0.3) is 5.69 Å². The molecule has 1 aromatic heterocycles. The lowest BCUT2D eigenvalue weighted by molar-refractivity contribution is 0.0526. The second kappa shape index (κ2) is 5.79. The zero-order valence-electron chi connectivity index (χ0n) is 10.2. The molecule has 0 radical (unpaired) electrons. The summed E-state index contributed by atoms with van der Waals surface area (Å²) in [4.78, 5) is 22.3. The molecule has 19 heavy (non-hydrogen) atoms. The first-order valence-corrected chi connectivity index (χ1v) is 6.42. The molecular weight excluding hydrogens is 312 g/mol. The summed E-state index contributed by atoms with van der Waals surface area (Å²) in [5.74, 6) is -0.405. The molecule has 98 valence electrons. The fraction of sp³-hybridized carbons (Fsp3) is 0.154. The Morgan fingerprint density at radius 3 is 2.95 bits per heavy atom. The third-order valence-corrected chi connectivity index (χ3v) is 3.16. The van der Waals surface area contributed by atoms with Crippen LogP contribution >= 0.6 is 15.9 Å². The van der Waals surface area contributed by atoms with Crippen molar-refractivity contribution in [2.24, 2.45) is 0 Å². The Morgan fingerprint density at radius 2 is 2.32 bits per heavy atom. The highest BCUT2D eigenvalue weighted by atomic mass is 79.9. The molecular formula is C13H11BrN2O3. The molecule has 0 bridgehead atoms. The zero-order valence-corrected chi connectivity index (χ0v) is 11.8. The molecule has 0 saturated carbocycles. The number of aromatic nitrogens is 2. The van der Waals surface area contributed by atoms with Gasteiger partial charge in [0.25, 0.3) is 0 Å². The van der Waals surface area contributed by atoms with Crippen molar-refractivity contribution < 1.29 is 14.3 Å². The minimum Gasteiger partial charge on any atom is -0.462 e. The Bertz CT molecular complexity index is 622. The van der Waals surface area contributed by atoms with E-state index in [2.05, 4.69) is 21.0 Å². The van der Waals surface area contributed by atoms with E-state index >= 15 is 0 Å². The van der Waals surface area contributed by atoms with Gasteiger partial charge in [-0.25, -0.2) is 9.48 Å². The van der Waals surface area contributed by atoms with Crippen LogP contribution in [0.1, 0.15) is 27.6 Å². The quantitative estimate of drug-likeness (QED) is 0.641. The first-order valence-electron chi connectivity index (χ1n) is 5.62. The van der Waals surface area contributed by atoms with E-state index in [4.69, 9.17) is 4.74 Å². The highest BCUT2D eigenvalue weighted by Gasteiger charge is 2.10. The van der Waals surface area contributed by atoms with Gasteiger partial charge in [0.1, 0.15) is 0 Å². The van der Waals surface area contributed by atoms with E-state index in [9.17, 15) is 9.59 Å². The molecule has 0 fully saturated rings. The zero-order chi connectivity index (χ0) is 13.8. The van der Waals surface area contributed by atoms with Gasteiger partial charge >= 0.3 is 5.97 Å². The summed E-state index contributed by atoms with van der Waals surface area (Å²) < 4.78 is 7.11. The van der Waals surface area contributed by atoms with E-state index in [0.29, 0.717) is 22.2 Å². The molecule has 0 aliphatic carbocycles. The maximum absolute atomic E-state index is 11.5. The van der Waals surface area contributed by atoms with E-state index in [1.54, 1.807) is 36.0 Å². The number of nitrogens with zero attached hydrogens (tertiary/aromatic N) is 2. The number of halogens is 1. The average Bonchev–Trinajstić information content (AvgIpc) is 2.88. The van der Waals surface area contributed by atoms with Gasteiger partial charge in [0.05, 0.1) is 24.1 Å². The lowest BCUT2D eigenvalue weighted by Crippen LogP contribution is -2.03. The van der Waals surface area contributed by atoms with Crippen molar-refractivity contribution in [1.29, 1.82) is 0 Å². The second-order valence-electron chi connectivity index (χ2n) is 3.72. The molecule has 0 atom stereocenters. The summed E-state index contributed by atoms with van der Waals surface area (Å²) in [6, 6.07) is 5.18. The summed E-state index contributed by atoms with van der Waals surface area (Å²) in [5.41, 5.74) is 1.69. The third-order valence-electron chi connectivity index (χ3n) is 2.47. The van der Waals surface area contributed by atoms with Crippen molar-refractivity contribution in [3.63, 3.8) is 0 Å². The molecule has 0 N–H and O–H groups in total. The van der Waals surface area contributed by atoms with Gasteiger partial charge in [-0.1, -0.05) is 0 Å². The molecule has 5 nitrogen and oxygen atoms in total. The van der Waals surface area contributed by atoms with Crippen LogP contribution in [0.5, 0.6) is 0 Å². The molecule has 0 amide bonds. The normalized spacial score (nSPS) is 10.2. The Morgan fingerprint density at radius 1 is 1.53 bits per heavy atom. The van der Waals surface area contributed by atoms with Crippen LogP contribution in [0.15, 0.2) is 35.1 Å². The largest absolute Gasteiger partial charge is 0.462 e. The van der Waals surface area contributed by atoms with Crippen molar-refractivity contribution in [3.8, 4) is 5.69 Å². The van der Waals surface area contributed by atoms with E-state index in [0.717, 1.165) is 12.0 Å². The number of benzene rings is 1. The Hall–Kier alpha value is -1.95. The highest BCUT2D eigenvalue weighted by Crippen LogP contribution is 2.19. The van der Waals surface area contributed by atoms with Crippen LogP contribution in [0.4, 0.5) is 0 Å². The smallest absolute Gasteiger partial charge is 0.341 e. The Labute approximate surface area is 118 Å². The van der Waals surface area contributed by atoms with Gasteiger partial charge in [0.2, 0.25) is 0 Å². The fourth-order valence-corrected chi connectivity index (χ4v) is 2.00. The summed E-state index contributed by atoms with van der Waals surface area (Å²) in [7, 11) is 0. The van der Waals surface area contributed by atoms with Crippen molar-refractivity contribution in [2.45, 2.75) is 6.92 Å². The first kappa shape index (κ1) is 13.5. The summed E-state index contributed by atoms with van der Waals surface area (Å²) in [6.07, 6.45) is 3.79. The molecule has 0 spiro atoms. The van der Waals surface area contributed by atoms with Gasteiger partial charge in [0.15, 0.2) is 6.29 Å². The number of hydrogen-bond donors (Lipinski definition) is 0. The number of ether oxygens (including phenoxy) is 1. The maximum atomic E-state index is 11.5. The average molecular weight is 323 g/mol. The standard InChI is InChI=1S/C13H11BrN2O3/c1-2-19-13(18)10-6-15-16(7-10)11-4-3-9(8-17)12(14)5-11/h3-8H,2H2,1H3. The lowest BCUT2D eigenvalue weighted by Gasteiger charge is -2.03. The SMILES string of the molecule is CCOC(=O)c1cnn(-c2ccc(C=O)c(Br)c2)c1. The van der Waals surface area contributed by atoms with E-state index in [1.165, 1.54) is 6.20 Å². The molecule has 0 aliphatic heterocycles. The number of hydrogen-bond acceptors (Lipinski definition) is 4. The molecule has 1 heterocycles. The van der Waals surface area contributed by atoms with Crippen LogP contribution < -0.4 is 0 Å². The number of esters is 1. The van der Waals surface area contributed by atoms with E-state index < -0.39 is 5.97 Å². The molecule has 2 rings (SSSR count). The van der Waals surface area contributed by atoms with Gasteiger partial charge in [-0.2, -0.15) is 5.10 Å². The second-order valence-corrected chi connectivity index (χ2v) is 4.57. The van der Waals surface area contributed by atoms with Crippen LogP contribution in [-0.2, 0) is 4.74 Å². The van der Waals surface area contributed by atoms with E-state index in [1.807, 2.05) is 0 Å². The van der Waals surface area contributed by atoms with Gasteiger partial charge in [-0.3, -0.25) is 4.79 Å². The van der Waals surface area contributed by atoms with Crippen molar-refractivity contribution >= 4 is 28.2 Å². The minimum absolute atomic E-state index is 0.323. The van der Waals surface area contributed by atoms with Crippen LogP contribution in [0.3, 0.4) is 0 Å². The van der Waals surface area contributed by atoms with Gasteiger partial charge in [-0.05, 0) is 41.1 Å². The molecule has 6 heteroatoms. The molecule has 2 aromatic rings. The van der Waals surface area contributed by atoms with Crippen LogP contribution in [-0.4, -0.2) is 28.6 Å². The topological polar surface area (TPSA) is 61.2 Å². The van der Waals surface area contributed by atoms with Gasteiger partial charge in [-0.15, -0.1) is 0 Å². The number of aldehydes is 1. The van der Waals surface area contributed by atoms with Gasteiger partial charge < -0.3 is 4.74 Å². The fourth-order valence-electron chi connectivity index (χ4n) is 1.54. The highest BCUT2D eigenvalue weighted by molar-refractivity contribution is 9.10. The molecule has 0 unspecified atom stereocenters. The predicted molar refractivity (Wildman–Crippen MR) is 72.6 cm³/mol. The van der Waals surface area contributed by atoms with E-state index in [-0.39, 0.29) is 0 Å². The molecule has 1 aromatic carbocycles. The van der Waals surface area contributed by atoms with Gasteiger partial charge in [0, 0.05) is 16.2 Å². The monoisotopic (exact) mass is 322 g/mol. The van der Waals surface area contributed by atoms with Crippen LogP contribution in [0.2, 0.25) is 0 Å². The Balaban J connectivity index is 2.30. The predicted octanol–water partition coefficient (Wildman–Crippen LogP) is 2.62. The summed E-state index contributed by atoms with van der Waals surface area (Å²) in [6.45, 7) is 2.07. The number of carbonyl (C=O) groups excluding carboxylic acids is 2. The van der Waals surface area contributed by atoms with Crippen molar-refractivity contribution in [1.82, 2.24) is 9.78 Å². The molecule has 0 saturated heterocycles. The summed E-state index contributed by atoms with van der Waals surface area (Å²) in [5, 5.41) is 4.09. The minimum atomic E-state index is -0.405. The maximum Gasteiger partial charge on any atom is 0.341 e. The van der Waals surface area contributed by atoms with Crippen LogP contribution in [0, 0.1) is 0 Å². The molecule has 0 aliphatic rings. The Kier molecular flexibility index (Phi) is 4.11. The van der Waals surface area contributed by atoms with Crippen molar-refractivity contribution in [3.05, 3.63) is 46.2 Å². The lowest BCUT2D eigenvalue weighted by atomic mass is 10.2. The van der Waals surface area contributed by atoms with Crippen molar-refractivity contribution in [2.75, 3.05) is 6.61 Å². The summed E-state index contributed by atoms with van der Waals surface area (Å²) >= 11 is 3.30.